The average molecular weight is 372 g/mol. The molecule has 0 bridgehead atoms. The van der Waals surface area contributed by atoms with Crippen molar-refractivity contribution in [3.8, 4) is 5.75 Å². The SMILES string of the molecule is CC(C)(Cc1ccc(F)cc1)NCC(O)c1ccc(O)c2c1CCC(=O)N2. The van der Waals surface area contributed by atoms with Crippen molar-refractivity contribution in [3.63, 3.8) is 0 Å². The van der Waals surface area contributed by atoms with Gasteiger partial charge in [-0.2, -0.15) is 0 Å². The maximum atomic E-state index is 13.1. The van der Waals surface area contributed by atoms with Crippen molar-refractivity contribution in [2.75, 3.05) is 11.9 Å². The van der Waals surface area contributed by atoms with E-state index >= 15 is 0 Å². The third-order valence-corrected chi connectivity index (χ3v) is 4.89. The van der Waals surface area contributed by atoms with E-state index in [1.807, 2.05) is 13.8 Å². The van der Waals surface area contributed by atoms with Crippen molar-refractivity contribution in [2.45, 2.75) is 44.8 Å². The molecule has 0 saturated carbocycles. The number of β-amino-alcohol motifs (C(OH)–C–C–N with tert-alkyl or cyclic N) is 1. The lowest BCUT2D eigenvalue weighted by Crippen LogP contribution is -2.43. The van der Waals surface area contributed by atoms with Gasteiger partial charge in [-0.3, -0.25) is 4.79 Å². The lowest BCUT2D eigenvalue weighted by molar-refractivity contribution is -0.116. The first-order valence-electron chi connectivity index (χ1n) is 9.07. The van der Waals surface area contributed by atoms with Gasteiger partial charge >= 0.3 is 0 Å². The van der Waals surface area contributed by atoms with Gasteiger partial charge in [0.05, 0.1) is 11.8 Å². The molecule has 5 nitrogen and oxygen atoms in total. The Morgan fingerprint density at radius 3 is 2.59 bits per heavy atom. The van der Waals surface area contributed by atoms with Crippen LogP contribution in [0.5, 0.6) is 5.75 Å². The number of hydrogen-bond acceptors (Lipinski definition) is 4. The number of amides is 1. The Balaban J connectivity index is 1.68. The second kappa shape index (κ2) is 7.66. The van der Waals surface area contributed by atoms with E-state index in [9.17, 15) is 19.4 Å². The number of nitrogens with one attached hydrogen (secondary N) is 2. The molecule has 2 aromatic carbocycles. The highest BCUT2D eigenvalue weighted by Crippen LogP contribution is 2.36. The number of aliphatic hydroxyl groups is 1. The van der Waals surface area contributed by atoms with Gasteiger partial charge in [-0.05, 0) is 61.6 Å². The maximum absolute atomic E-state index is 13.1. The third-order valence-electron chi connectivity index (χ3n) is 4.89. The second-order valence-corrected chi connectivity index (χ2v) is 7.66. The number of phenols is 1. The molecule has 3 rings (SSSR count). The number of carbonyl (C=O) groups excluding carboxylic acids is 1. The summed E-state index contributed by atoms with van der Waals surface area (Å²) in [5.41, 5.74) is 2.58. The molecule has 1 unspecified atom stereocenters. The molecule has 0 saturated heterocycles. The van der Waals surface area contributed by atoms with Crippen LogP contribution in [0.1, 0.15) is 43.1 Å². The first kappa shape index (κ1) is 19.3. The largest absolute Gasteiger partial charge is 0.506 e. The number of carbonyl (C=O) groups is 1. The summed E-state index contributed by atoms with van der Waals surface area (Å²) in [6, 6.07) is 9.59. The molecule has 0 fully saturated rings. The van der Waals surface area contributed by atoms with Crippen molar-refractivity contribution < 1.29 is 19.4 Å². The molecular weight excluding hydrogens is 347 g/mol. The van der Waals surface area contributed by atoms with E-state index in [0.29, 0.717) is 37.1 Å². The smallest absolute Gasteiger partial charge is 0.224 e. The number of aliphatic hydroxyl groups excluding tert-OH is 1. The third kappa shape index (κ3) is 4.64. The summed E-state index contributed by atoms with van der Waals surface area (Å²) >= 11 is 0. The summed E-state index contributed by atoms with van der Waals surface area (Å²) in [5, 5.41) is 26.7. The fourth-order valence-corrected chi connectivity index (χ4v) is 3.47. The van der Waals surface area contributed by atoms with Crippen LogP contribution in [0.15, 0.2) is 36.4 Å². The molecule has 1 atom stereocenters. The number of phenolic OH excluding ortho intramolecular Hbond substituents is 1. The minimum Gasteiger partial charge on any atom is -0.506 e. The molecule has 0 radical (unpaired) electrons. The standard InChI is InChI=1S/C21H25FN2O3/c1-21(2,11-13-3-5-14(22)6-4-13)23-12-18(26)15-7-9-17(25)20-16(15)8-10-19(27)24-20/h3-7,9,18,23,25-26H,8,10-12H2,1-2H3,(H,24,27). The number of halogens is 1. The summed E-state index contributed by atoms with van der Waals surface area (Å²) in [7, 11) is 0. The summed E-state index contributed by atoms with van der Waals surface area (Å²) in [6.07, 6.45) is 0.728. The van der Waals surface area contributed by atoms with Gasteiger partial charge in [0.25, 0.3) is 0 Å². The zero-order valence-corrected chi connectivity index (χ0v) is 15.6. The molecule has 1 heterocycles. The molecule has 144 valence electrons. The second-order valence-electron chi connectivity index (χ2n) is 7.66. The summed E-state index contributed by atoms with van der Waals surface area (Å²) in [5.74, 6) is -0.384. The summed E-state index contributed by atoms with van der Waals surface area (Å²) in [4.78, 5) is 11.6. The number of rotatable bonds is 6. The van der Waals surface area contributed by atoms with E-state index < -0.39 is 6.10 Å². The number of hydrogen-bond donors (Lipinski definition) is 4. The molecular formula is C21H25FN2O3. The van der Waals surface area contributed by atoms with Crippen LogP contribution in [-0.2, 0) is 17.6 Å². The Morgan fingerprint density at radius 2 is 1.89 bits per heavy atom. The molecule has 1 aliphatic rings. The lowest BCUT2D eigenvalue weighted by atomic mass is 9.92. The number of aromatic hydroxyl groups is 1. The quantitative estimate of drug-likeness (QED) is 0.588. The van der Waals surface area contributed by atoms with Crippen LogP contribution >= 0.6 is 0 Å². The highest BCUT2D eigenvalue weighted by Gasteiger charge is 2.25. The molecule has 0 aliphatic carbocycles. The van der Waals surface area contributed by atoms with Crippen LogP contribution in [0.3, 0.4) is 0 Å². The van der Waals surface area contributed by atoms with Crippen LogP contribution < -0.4 is 10.6 Å². The topological polar surface area (TPSA) is 81.6 Å². The van der Waals surface area contributed by atoms with Crippen LogP contribution in [0.25, 0.3) is 0 Å². The Morgan fingerprint density at radius 1 is 1.19 bits per heavy atom. The van der Waals surface area contributed by atoms with Crippen LogP contribution in [0.4, 0.5) is 10.1 Å². The Hall–Kier alpha value is -2.44. The number of benzene rings is 2. The van der Waals surface area contributed by atoms with E-state index in [0.717, 1.165) is 11.1 Å². The highest BCUT2D eigenvalue weighted by atomic mass is 19.1. The molecule has 2 aromatic rings. The van der Waals surface area contributed by atoms with Gasteiger partial charge in [0.1, 0.15) is 11.6 Å². The van der Waals surface area contributed by atoms with E-state index in [1.165, 1.54) is 18.2 Å². The number of anilines is 1. The minimum atomic E-state index is -0.776. The van der Waals surface area contributed by atoms with E-state index in [1.54, 1.807) is 18.2 Å². The van der Waals surface area contributed by atoms with Crippen molar-refractivity contribution >= 4 is 11.6 Å². The Kier molecular flexibility index (Phi) is 5.48. The Bertz CT molecular complexity index is 834. The van der Waals surface area contributed by atoms with Gasteiger partial charge in [0.2, 0.25) is 5.91 Å². The highest BCUT2D eigenvalue weighted by molar-refractivity contribution is 5.96. The zero-order valence-electron chi connectivity index (χ0n) is 15.6. The monoisotopic (exact) mass is 372 g/mol. The van der Waals surface area contributed by atoms with E-state index in [2.05, 4.69) is 10.6 Å². The maximum Gasteiger partial charge on any atom is 0.224 e. The molecule has 1 aliphatic heterocycles. The molecule has 0 aromatic heterocycles. The van der Waals surface area contributed by atoms with E-state index in [-0.39, 0.29) is 23.0 Å². The molecule has 0 spiro atoms. The van der Waals surface area contributed by atoms with Gasteiger partial charge in [0.15, 0.2) is 0 Å². The summed E-state index contributed by atoms with van der Waals surface area (Å²) < 4.78 is 13.1. The van der Waals surface area contributed by atoms with Gasteiger partial charge in [-0.15, -0.1) is 0 Å². The molecule has 1 amide bonds. The lowest BCUT2D eigenvalue weighted by Gasteiger charge is -2.29. The van der Waals surface area contributed by atoms with Crippen LogP contribution in [0.2, 0.25) is 0 Å². The van der Waals surface area contributed by atoms with Crippen molar-refractivity contribution in [2.24, 2.45) is 0 Å². The van der Waals surface area contributed by atoms with Crippen molar-refractivity contribution in [1.29, 1.82) is 0 Å². The Labute approximate surface area is 158 Å². The zero-order chi connectivity index (χ0) is 19.6. The van der Waals surface area contributed by atoms with Gasteiger partial charge in [-0.25, -0.2) is 4.39 Å². The van der Waals surface area contributed by atoms with E-state index in [4.69, 9.17) is 0 Å². The minimum absolute atomic E-state index is 0.0126. The predicted molar refractivity (Wildman–Crippen MR) is 102 cm³/mol. The van der Waals surface area contributed by atoms with Gasteiger partial charge in [0, 0.05) is 18.5 Å². The fourth-order valence-electron chi connectivity index (χ4n) is 3.47. The van der Waals surface area contributed by atoms with Crippen LogP contribution in [-0.4, -0.2) is 28.2 Å². The van der Waals surface area contributed by atoms with Crippen LogP contribution in [0, 0.1) is 5.82 Å². The predicted octanol–water partition coefficient (Wildman–Crippen LogP) is 3.06. The fraction of sp³-hybridized carbons (Fsp3) is 0.381. The van der Waals surface area contributed by atoms with Crippen molar-refractivity contribution in [3.05, 3.63) is 58.9 Å². The molecule has 4 N–H and O–H groups in total. The average Bonchev–Trinajstić information content (AvgIpc) is 2.62. The molecule has 27 heavy (non-hydrogen) atoms. The van der Waals surface area contributed by atoms with Crippen molar-refractivity contribution in [1.82, 2.24) is 5.32 Å². The normalized spacial score (nSPS) is 15.2. The number of fused-ring (bicyclic) bond motifs is 1. The molecule has 6 heteroatoms. The van der Waals surface area contributed by atoms with Gasteiger partial charge < -0.3 is 20.8 Å². The first-order valence-corrected chi connectivity index (χ1v) is 9.07. The van der Waals surface area contributed by atoms with Gasteiger partial charge in [-0.1, -0.05) is 18.2 Å². The first-order chi connectivity index (χ1) is 12.7. The summed E-state index contributed by atoms with van der Waals surface area (Å²) in [6.45, 7) is 4.37.